The number of aromatic nitrogens is 5. The van der Waals surface area contributed by atoms with E-state index in [0.717, 1.165) is 60.1 Å². The van der Waals surface area contributed by atoms with Gasteiger partial charge in [0, 0.05) is 18.7 Å². The highest BCUT2D eigenvalue weighted by Crippen LogP contribution is 2.32. The van der Waals surface area contributed by atoms with Crippen molar-refractivity contribution in [3.8, 4) is 0 Å². The molecular weight excluding hydrogens is 460 g/mol. The van der Waals surface area contributed by atoms with E-state index in [-0.39, 0.29) is 11.6 Å². The number of para-hydroxylation sites is 1. The van der Waals surface area contributed by atoms with Gasteiger partial charge < -0.3 is 4.98 Å². The van der Waals surface area contributed by atoms with Gasteiger partial charge in [-0.1, -0.05) is 68.7 Å². The number of hydrogen-bond donors (Lipinski definition) is 1. The van der Waals surface area contributed by atoms with Crippen molar-refractivity contribution in [1.82, 2.24) is 30.1 Å². The molecular formula is C30H38N6O. The Kier molecular flexibility index (Phi) is 7.79. The molecule has 0 radical (unpaired) electrons. The van der Waals surface area contributed by atoms with Crippen LogP contribution in [0.25, 0.3) is 10.9 Å². The van der Waals surface area contributed by atoms with Crippen LogP contribution in [0, 0.1) is 13.8 Å². The van der Waals surface area contributed by atoms with E-state index in [1.807, 2.05) is 19.1 Å². The number of aryl methyl sites for hydroxylation is 2. The van der Waals surface area contributed by atoms with E-state index in [1.54, 1.807) is 0 Å². The van der Waals surface area contributed by atoms with Crippen molar-refractivity contribution >= 4 is 10.9 Å². The van der Waals surface area contributed by atoms with Crippen LogP contribution in [0.4, 0.5) is 0 Å². The summed E-state index contributed by atoms with van der Waals surface area (Å²) < 4.78 is 2.09. The lowest BCUT2D eigenvalue weighted by molar-refractivity contribution is 0.165. The number of pyridine rings is 1. The van der Waals surface area contributed by atoms with Crippen molar-refractivity contribution < 1.29 is 0 Å². The Bertz CT molecular complexity index is 1400. The van der Waals surface area contributed by atoms with Gasteiger partial charge in [-0.2, -0.15) is 0 Å². The summed E-state index contributed by atoms with van der Waals surface area (Å²) in [5.41, 5.74) is 5.37. The molecule has 1 N–H and O–H groups in total. The smallest absolute Gasteiger partial charge is 0.252 e. The highest BCUT2D eigenvalue weighted by atomic mass is 16.1. The summed E-state index contributed by atoms with van der Waals surface area (Å²) in [4.78, 5) is 18.8. The maximum Gasteiger partial charge on any atom is 0.252 e. The maximum atomic E-state index is 13.2. The summed E-state index contributed by atoms with van der Waals surface area (Å²) in [6, 6.07) is 17.1. The van der Waals surface area contributed by atoms with Gasteiger partial charge in [-0.15, -0.1) is 5.10 Å². The van der Waals surface area contributed by atoms with Crippen molar-refractivity contribution in [2.24, 2.45) is 0 Å². The molecule has 2 aromatic carbocycles. The fourth-order valence-electron chi connectivity index (χ4n) is 5.87. The molecule has 2 heterocycles. The predicted molar refractivity (Wildman–Crippen MR) is 148 cm³/mol. The molecule has 194 valence electrons. The third kappa shape index (κ3) is 5.52. The molecule has 0 saturated heterocycles. The van der Waals surface area contributed by atoms with Crippen LogP contribution in [0.5, 0.6) is 0 Å². The lowest BCUT2D eigenvalue weighted by atomic mass is 9.95. The Hall–Kier alpha value is -3.32. The zero-order valence-corrected chi connectivity index (χ0v) is 22.3. The lowest BCUT2D eigenvalue weighted by Gasteiger charge is -2.32. The van der Waals surface area contributed by atoms with Gasteiger partial charge in [0.05, 0.1) is 17.6 Å². The number of benzene rings is 2. The molecule has 0 aliphatic heterocycles. The van der Waals surface area contributed by atoms with Crippen molar-refractivity contribution in [2.45, 2.75) is 84.3 Å². The van der Waals surface area contributed by atoms with Crippen LogP contribution in [-0.4, -0.2) is 36.6 Å². The summed E-state index contributed by atoms with van der Waals surface area (Å²) in [6.07, 6.45) is 7.76. The van der Waals surface area contributed by atoms with Gasteiger partial charge in [0.1, 0.15) is 0 Å². The predicted octanol–water partition coefficient (Wildman–Crippen LogP) is 5.83. The molecule has 7 heteroatoms. The summed E-state index contributed by atoms with van der Waals surface area (Å²) in [7, 11) is 0. The highest BCUT2D eigenvalue weighted by molar-refractivity contribution is 5.81. The Balaban J connectivity index is 1.50. The number of aromatic amines is 1. The molecule has 4 aromatic rings. The van der Waals surface area contributed by atoms with E-state index in [1.165, 1.54) is 30.4 Å². The normalized spacial score (nSPS) is 15.5. The zero-order chi connectivity index (χ0) is 25.8. The molecule has 37 heavy (non-hydrogen) atoms. The number of rotatable bonds is 9. The van der Waals surface area contributed by atoms with Crippen molar-refractivity contribution in [3.63, 3.8) is 0 Å². The average Bonchev–Trinajstić information content (AvgIpc) is 3.39. The number of nitrogens with zero attached hydrogens (tertiary/aromatic N) is 5. The quantitative estimate of drug-likeness (QED) is 0.314. The van der Waals surface area contributed by atoms with E-state index in [0.29, 0.717) is 12.6 Å². The first-order valence-corrected chi connectivity index (χ1v) is 13.7. The molecule has 0 spiro atoms. The topological polar surface area (TPSA) is 79.7 Å². The minimum absolute atomic E-state index is 0.0218. The van der Waals surface area contributed by atoms with Crippen molar-refractivity contribution in [2.75, 3.05) is 6.54 Å². The van der Waals surface area contributed by atoms with Crippen LogP contribution in [0.2, 0.25) is 0 Å². The van der Waals surface area contributed by atoms with Crippen molar-refractivity contribution in [3.05, 3.63) is 87.0 Å². The van der Waals surface area contributed by atoms with Gasteiger partial charge in [-0.25, -0.2) is 4.68 Å². The van der Waals surface area contributed by atoms with Crippen LogP contribution < -0.4 is 5.56 Å². The van der Waals surface area contributed by atoms with E-state index in [9.17, 15) is 4.79 Å². The standard InChI is InChI=1S/C30H38N6O/c1-4-27(29-32-33-34-36(29)26-15-6-5-7-16-26)35(18-17-23-13-9-8-11-21(23)2)20-25-19-24-14-10-12-22(3)28(24)31-30(25)37/h8-14,19,26-27H,4-7,15-18,20H2,1-3H3,(H,31,37). The highest BCUT2D eigenvalue weighted by Gasteiger charge is 2.29. The molecule has 2 aromatic heterocycles. The van der Waals surface area contributed by atoms with Gasteiger partial charge >= 0.3 is 0 Å². The van der Waals surface area contributed by atoms with E-state index < -0.39 is 0 Å². The lowest BCUT2D eigenvalue weighted by Crippen LogP contribution is -2.35. The molecule has 1 aliphatic rings. The Labute approximate surface area is 218 Å². The van der Waals surface area contributed by atoms with E-state index in [2.05, 4.69) is 80.3 Å². The summed E-state index contributed by atoms with van der Waals surface area (Å²) >= 11 is 0. The molecule has 1 aliphatic carbocycles. The van der Waals surface area contributed by atoms with Crippen LogP contribution in [0.1, 0.15) is 85.6 Å². The second-order valence-corrected chi connectivity index (χ2v) is 10.5. The van der Waals surface area contributed by atoms with Gasteiger partial charge in [0.25, 0.3) is 5.56 Å². The van der Waals surface area contributed by atoms with Crippen LogP contribution >= 0.6 is 0 Å². The SMILES string of the molecule is CCC(c1nnnn1C1CCCCC1)N(CCc1ccccc1C)Cc1cc2cccc(C)c2[nH]c1=O. The number of fused-ring (bicyclic) bond motifs is 1. The fraction of sp³-hybridized carbons (Fsp3) is 0.467. The molecule has 7 nitrogen and oxygen atoms in total. The number of hydrogen-bond acceptors (Lipinski definition) is 5. The largest absolute Gasteiger partial charge is 0.321 e. The summed E-state index contributed by atoms with van der Waals surface area (Å²) in [5, 5.41) is 14.2. The average molecular weight is 499 g/mol. The number of H-pyrrole nitrogens is 1. The molecule has 1 fully saturated rings. The second kappa shape index (κ2) is 11.4. The van der Waals surface area contributed by atoms with Gasteiger partial charge in [0.2, 0.25) is 0 Å². The Morgan fingerprint density at radius 2 is 1.81 bits per heavy atom. The van der Waals surface area contributed by atoms with Crippen LogP contribution in [0.15, 0.2) is 53.3 Å². The molecule has 0 bridgehead atoms. The van der Waals surface area contributed by atoms with Crippen LogP contribution in [0.3, 0.4) is 0 Å². The molecule has 1 unspecified atom stereocenters. The molecule has 1 atom stereocenters. The number of tetrazole rings is 1. The molecule has 0 amide bonds. The van der Waals surface area contributed by atoms with Gasteiger partial charge in [-0.3, -0.25) is 9.69 Å². The van der Waals surface area contributed by atoms with Gasteiger partial charge in [0.15, 0.2) is 5.82 Å². The molecule has 5 rings (SSSR count). The first-order valence-electron chi connectivity index (χ1n) is 13.7. The minimum atomic E-state index is -0.0237. The monoisotopic (exact) mass is 498 g/mol. The number of nitrogens with one attached hydrogen (secondary N) is 1. The Morgan fingerprint density at radius 3 is 2.59 bits per heavy atom. The zero-order valence-electron chi connectivity index (χ0n) is 22.3. The fourth-order valence-corrected chi connectivity index (χ4v) is 5.87. The Morgan fingerprint density at radius 1 is 1.03 bits per heavy atom. The first-order chi connectivity index (χ1) is 18.0. The first kappa shape index (κ1) is 25.3. The summed E-state index contributed by atoms with van der Waals surface area (Å²) in [6.45, 7) is 7.74. The third-order valence-electron chi connectivity index (χ3n) is 8.03. The van der Waals surface area contributed by atoms with E-state index >= 15 is 0 Å². The van der Waals surface area contributed by atoms with Gasteiger partial charge in [-0.05, 0) is 78.1 Å². The maximum absolute atomic E-state index is 13.2. The van der Waals surface area contributed by atoms with Crippen LogP contribution in [-0.2, 0) is 13.0 Å². The summed E-state index contributed by atoms with van der Waals surface area (Å²) in [5.74, 6) is 0.923. The molecule has 1 saturated carbocycles. The van der Waals surface area contributed by atoms with Crippen molar-refractivity contribution in [1.29, 1.82) is 0 Å². The second-order valence-electron chi connectivity index (χ2n) is 10.5. The minimum Gasteiger partial charge on any atom is -0.321 e. The third-order valence-corrected chi connectivity index (χ3v) is 8.03. The van der Waals surface area contributed by atoms with E-state index in [4.69, 9.17) is 0 Å².